The molecule has 0 fully saturated rings. The van der Waals surface area contributed by atoms with Crippen LogP contribution in [-0.4, -0.2) is 4.57 Å². The Balaban J connectivity index is 1.21. The molecule has 224 valence electrons. The number of benzene rings is 7. The van der Waals surface area contributed by atoms with Gasteiger partial charge in [0.25, 0.3) is 0 Å². The highest BCUT2D eigenvalue weighted by molar-refractivity contribution is 6.09. The standard InChI is InChI=1S/C46H35N/c1-4-30-20-22-32(23-21-30)45(40-17-11-13-31-12-5-6-14-35(31)40)33-24-26-36-37-27-25-34(29-42(37)46(2,3)41(36)28-33)47-43-18-9-7-15-38(43)39-16-8-10-19-44(39)47/h4-29,45H,1H2,2-3H3. The topological polar surface area (TPSA) is 4.93 Å². The first-order valence-corrected chi connectivity index (χ1v) is 16.5. The molecule has 0 aliphatic heterocycles. The van der Waals surface area contributed by atoms with Gasteiger partial charge in [-0.2, -0.15) is 0 Å². The third-order valence-electron chi connectivity index (χ3n) is 10.5. The maximum Gasteiger partial charge on any atom is 0.0541 e. The highest BCUT2D eigenvalue weighted by atomic mass is 15.0. The molecule has 47 heavy (non-hydrogen) atoms. The Morgan fingerprint density at radius 1 is 0.553 bits per heavy atom. The molecule has 0 saturated heterocycles. The van der Waals surface area contributed by atoms with Crippen molar-refractivity contribution >= 4 is 38.7 Å². The van der Waals surface area contributed by atoms with Gasteiger partial charge < -0.3 is 4.57 Å². The fraction of sp³-hybridized carbons (Fsp3) is 0.0870. The number of hydrogen-bond acceptors (Lipinski definition) is 0. The Labute approximate surface area is 276 Å². The van der Waals surface area contributed by atoms with Crippen molar-refractivity contribution < 1.29 is 0 Å². The first kappa shape index (κ1) is 27.6. The van der Waals surface area contributed by atoms with Crippen LogP contribution >= 0.6 is 0 Å². The lowest BCUT2D eigenvalue weighted by molar-refractivity contribution is 0.658. The van der Waals surface area contributed by atoms with E-state index in [0.29, 0.717) is 0 Å². The van der Waals surface area contributed by atoms with E-state index in [4.69, 9.17) is 0 Å². The minimum Gasteiger partial charge on any atom is -0.309 e. The third kappa shape index (κ3) is 4.16. The molecule has 0 amide bonds. The Morgan fingerprint density at radius 2 is 1.13 bits per heavy atom. The van der Waals surface area contributed by atoms with Crippen molar-refractivity contribution in [2.45, 2.75) is 25.2 Å². The van der Waals surface area contributed by atoms with Crippen LogP contribution in [0, 0.1) is 0 Å². The lowest BCUT2D eigenvalue weighted by Crippen LogP contribution is -2.16. The van der Waals surface area contributed by atoms with Gasteiger partial charge in [0.1, 0.15) is 0 Å². The van der Waals surface area contributed by atoms with Crippen LogP contribution in [0.15, 0.2) is 158 Å². The van der Waals surface area contributed by atoms with Crippen molar-refractivity contribution in [3.8, 4) is 16.8 Å². The second-order valence-corrected chi connectivity index (χ2v) is 13.4. The Bertz CT molecular complexity index is 2450. The second kappa shape index (κ2) is 10.4. The summed E-state index contributed by atoms with van der Waals surface area (Å²) in [6, 6.07) is 56.2. The summed E-state index contributed by atoms with van der Waals surface area (Å²) >= 11 is 0. The number of nitrogens with zero attached hydrogens (tertiary/aromatic N) is 1. The van der Waals surface area contributed by atoms with E-state index in [1.165, 1.54) is 77.2 Å². The van der Waals surface area contributed by atoms with Crippen LogP contribution in [-0.2, 0) is 5.41 Å². The average molecular weight is 602 g/mol. The summed E-state index contributed by atoms with van der Waals surface area (Å²) in [5.74, 6) is 0.0953. The molecular weight excluding hydrogens is 567 g/mol. The van der Waals surface area contributed by atoms with Crippen LogP contribution in [0.4, 0.5) is 0 Å². The molecule has 1 atom stereocenters. The van der Waals surface area contributed by atoms with E-state index in [0.717, 1.165) is 5.56 Å². The van der Waals surface area contributed by atoms with Crippen molar-refractivity contribution in [2.24, 2.45) is 0 Å². The largest absolute Gasteiger partial charge is 0.309 e. The molecule has 1 heterocycles. The van der Waals surface area contributed by atoms with E-state index in [2.05, 4.69) is 177 Å². The number of para-hydroxylation sites is 2. The molecule has 0 radical (unpaired) electrons. The number of hydrogen-bond donors (Lipinski definition) is 0. The smallest absolute Gasteiger partial charge is 0.0541 e. The molecular formula is C46H35N. The molecule has 1 aliphatic carbocycles. The van der Waals surface area contributed by atoms with Crippen LogP contribution in [0.25, 0.3) is 55.5 Å². The molecule has 1 aliphatic rings. The summed E-state index contributed by atoms with van der Waals surface area (Å²) < 4.78 is 2.43. The van der Waals surface area contributed by atoms with Gasteiger partial charge in [0.05, 0.1) is 11.0 Å². The lowest BCUT2D eigenvalue weighted by atomic mass is 9.78. The van der Waals surface area contributed by atoms with Gasteiger partial charge in [0, 0.05) is 27.8 Å². The predicted octanol–water partition coefficient (Wildman–Crippen LogP) is 12.1. The van der Waals surface area contributed by atoms with Crippen LogP contribution in [0.2, 0.25) is 0 Å². The predicted molar refractivity (Wildman–Crippen MR) is 200 cm³/mol. The number of fused-ring (bicyclic) bond motifs is 7. The van der Waals surface area contributed by atoms with Crippen LogP contribution < -0.4 is 0 Å². The summed E-state index contributed by atoms with van der Waals surface area (Å²) in [5, 5.41) is 5.14. The van der Waals surface area contributed by atoms with Gasteiger partial charge in [-0.1, -0.05) is 154 Å². The van der Waals surface area contributed by atoms with Gasteiger partial charge in [-0.3, -0.25) is 0 Å². The van der Waals surface area contributed by atoms with Crippen LogP contribution in [0.3, 0.4) is 0 Å². The number of aromatic nitrogens is 1. The van der Waals surface area contributed by atoms with Gasteiger partial charge in [0.2, 0.25) is 0 Å². The lowest BCUT2D eigenvalue weighted by Gasteiger charge is -2.25. The van der Waals surface area contributed by atoms with Crippen LogP contribution in [0.5, 0.6) is 0 Å². The summed E-state index contributed by atoms with van der Waals surface area (Å²) in [6.45, 7) is 8.77. The van der Waals surface area contributed by atoms with Gasteiger partial charge in [-0.25, -0.2) is 0 Å². The van der Waals surface area contributed by atoms with Crippen molar-refractivity contribution in [1.82, 2.24) is 4.57 Å². The molecule has 0 N–H and O–H groups in total. The van der Waals surface area contributed by atoms with E-state index in [1.54, 1.807) is 0 Å². The molecule has 0 saturated carbocycles. The zero-order valence-electron chi connectivity index (χ0n) is 26.7. The second-order valence-electron chi connectivity index (χ2n) is 13.4. The molecule has 9 rings (SSSR count). The Morgan fingerprint density at radius 3 is 1.83 bits per heavy atom. The molecule has 1 aromatic heterocycles. The highest BCUT2D eigenvalue weighted by Gasteiger charge is 2.37. The van der Waals surface area contributed by atoms with E-state index < -0.39 is 0 Å². The van der Waals surface area contributed by atoms with Gasteiger partial charge in [0.15, 0.2) is 0 Å². The number of rotatable bonds is 5. The Kier molecular flexibility index (Phi) is 6.14. The molecule has 1 heteroatoms. The molecule has 1 nitrogen and oxygen atoms in total. The van der Waals surface area contributed by atoms with E-state index >= 15 is 0 Å². The quantitative estimate of drug-likeness (QED) is 0.173. The van der Waals surface area contributed by atoms with Crippen LogP contribution in [0.1, 0.15) is 53.1 Å². The molecule has 8 aromatic rings. The monoisotopic (exact) mass is 601 g/mol. The summed E-state index contributed by atoms with van der Waals surface area (Å²) in [7, 11) is 0. The minimum absolute atomic E-state index is 0.0953. The van der Waals surface area contributed by atoms with E-state index in [-0.39, 0.29) is 11.3 Å². The molecule has 0 spiro atoms. The summed E-state index contributed by atoms with van der Waals surface area (Å²) in [5.41, 5.74) is 14.0. The van der Waals surface area contributed by atoms with E-state index in [1.807, 2.05) is 6.08 Å². The van der Waals surface area contributed by atoms with Crippen molar-refractivity contribution in [3.05, 3.63) is 192 Å². The zero-order valence-corrected chi connectivity index (χ0v) is 26.7. The van der Waals surface area contributed by atoms with Crippen molar-refractivity contribution in [1.29, 1.82) is 0 Å². The van der Waals surface area contributed by atoms with Crippen molar-refractivity contribution in [2.75, 3.05) is 0 Å². The molecule has 0 bridgehead atoms. The fourth-order valence-electron chi connectivity index (χ4n) is 8.14. The third-order valence-corrected chi connectivity index (χ3v) is 10.5. The van der Waals surface area contributed by atoms with Gasteiger partial charge in [-0.15, -0.1) is 0 Å². The fourth-order valence-corrected chi connectivity index (χ4v) is 8.14. The summed E-state index contributed by atoms with van der Waals surface area (Å²) in [6.07, 6.45) is 1.92. The van der Waals surface area contributed by atoms with Gasteiger partial charge >= 0.3 is 0 Å². The average Bonchev–Trinajstić information content (AvgIpc) is 3.57. The first-order valence-electron chi connectivity index (χ1n) is 16.5. The normalized spacial score (nSPS) is 13.9. The first-order chi connectivity index (χ1) is 23.0. The SMILES string of the molecule is C=Cc1ccc(C(c2ccc3c(c2)C(C)(C)c2cc(-n4c5ccccc5c5ccccc54)ccc2-3)c2cccc3ccccc23)cc1. The highest BCUT2D eigenvalue weighted by Crippen LogP contribution is 2.51. The van der Waals surface area contributed by atoms with Crippen molar-refractivity contribution in [3.63, 3.8) is 0 Å². The molecule has 7 aromatic carbocycles. The minimum atomic E-state index is -0.161. The Hall–Kier alpha value is -5.66. The zero-order chi connectivity index (χ0) is 31.7. The molecule has 1 unspecified atom stereocenters. The summed E-state index contributed by atoms with van der Waals surface area (Å²) in [4.78, 5) is 0. The van der Waals surface area contributed by atoms with Gasteiger partial charge in [-0.05, 0) is 79.5 Å². The van der Waals surface area contributed by atoms with E-state index in [9.17, 15) is 0 Å². The maximum atomic E-state index is 3.99. The maximum absolute atomic E-state index is 3.99.